The van der Waals surface area contributed by atoms with E-state index < -0.39 is 11.8 Å². The van der Waals surface area contributed by atoms with E-state index in [9.17, 15) is 9.59 Å². The molecule has 7 nitrogen and oxygen atoms in total. The monoisotopic (exact) mass is 343 g/mol. The highest BCUT2D eigenvalue weighted by Gasteiger charge is 2.15. The van der Waals surface area contributed by atoms with Gasteiger partial charge in [-0.25, -0.2) is 0 Å². The first-order valence-electron chi connectivity index (χ1n) is 8.01. The second-order valence-corrected chi connectivity index (χ2v) is 5.03. The number of carbonyl (C=O) groups is 2. The fraction of sp³-hybridized carbons (Fsp3) is 0.278. The molecular formula is C18H21N3O4. The van der Waals surface area contributed by atoms with E-state index in [1.807, 2.05) is 19.9 Å². The number of hydrogen-bond donors (Lipinski definition) is 2. The Balaban J connectivity index is 1.96. The van der Waals surface area contributed by atoms with Crippen molar-refractivity contribution < 1.29 is 19.1 Å². The normalized spacial score (nSPS) is 10.0. The largest absolute Gasteiger partial charge is 0.490 e. The van der Waals surface area contributed by atoms with Gasteiger partial charge >= 0.3 is 11.8 Å². The fourth-order valence-corrected chi connectivity index (χ4v) is 2.08. The molecule has 0 atom stereocenters. The Labute approximate surface area is 146 Å². The SMILES string of the molecule is CCOc1ccc(NC(=O)C(=O)NCc2cccnc2)cc1OCC. The summed E-state index contributed by atoms with van der Waals surface area (Å²) in [4.78, 5) is 27.9. The van der Waals surface area contributed by atoms with Crippen molar-refractivity contribution in [1.82, 2.24) is 10.3 Å². The maximum Gasteiger partial charge on any atom is 0.313 e. The van der Waals surface area contributed by atoms with Crippen LogP contribution in [0.4, 0.5) is 5.69 Å². The zero-order chi connectivity index (χ0) is 18.1. The summed E-state index contributed by atoms with van der Waals surface area (Å²) < 4.78 is 11.0. The van der Waals surface area contributed by atoms with Crippen LogP contribution in [0.5, 0.6) is 11.5 Å². The quantitative estimate of drug-likeness (QED) is 0.752. The molecule has 0 aliphatic carbocycles. The molecule has 0 unspecified atom stereocenters. The van der Waals surface area contributed by atoms with E-state index in [4.69, 9.17) is 9.47 Å². The van der Waals surface area contributed by atoms with Crippen LogP contribution in [0.15, 0.2) is 42.7 Å². The lowest BCUT2D eigenvalue weighted by Crippen LogP contribution is -2.34. The molecular weight excluding hydrogens is 322 g/mol. The van der Waals surface area contributed by atoms with Crippen LogP contribution in [-0.4, -0.2) is 30.0 Å². The van der Waals surface area contributed by atoms with E-state index in [0.29, 0.717) is 30.4 Å². The molecule has 25 heavy (non-hydrogen) atoms. The van der Waals surface area contributed by atoms with Gasteiger partial charge in [-0.15, -0.1) is 0 Å². The third-order valence-electron chi connectivity index (χ3n) is 3.18. The predicted octanol–water partition coefficient (Wildman–Crippen LogP) is 2.13. The molecule has 1 aromatic heterocycles. The summed E-state index contributed by atoms with van der Waals surface area (Å²) in [7, 11) is 0. The summed E-state index contributed by atoms with van der Waals surface area (Å²) in [6.45, 7) is 4.92. The van der Waals surface area contributed by atoms with Crippen LogP contribution in [0, 0.1) is 0 Å². The molecule has 1 aromatic carbocycles. The second-order valence-electron chi connectivity index (χ2n) is 5.03. The predicted molar refractivity (Wildman–Crippen MR) is 93.5 cm³/mol. The van der Waals surface area contributed by atoms with Crippen molar-refractivity contribution in [3.05, 3.63) is 48.3 Å². The third-order valence-corrected chi connectivity index (χ3v) is 3.18. The standard InChI is InChI=1S/C18H21N3O4/c1-3-24-15-8-7-14(10-16(15)25-4-2)21-18(23)17(22)20-12-13-6-5-9-19-11-13/h5-11H,3-4,12H2,1-2H3,(H,20,22)(H,21,23). The van der Waals surface area contributed by atoms with E-state index in [-0.39, 0.29) is 6.54 Å². The zero-order valence-corrected chi connectivity index (χ0v) is 14.2. The van der Waals surface area contributed by atoms with Gasteiger partial charge in [0.25, 0.3) is 0 Å². The maximum atomic E-state index is 12.0. The minimum absolute atomic E-state index is 0.230. The average Bonchev–Trinajstić information content (AvgIpc) is 2.63. The van der Waals surface area contributed by atoms with Crippen LogP contribution < -0.4 is 20.1 Å². The number of aromatic nitrogens is 1. The molecule has 7 heteroatoms. The van der Waals surface area contributed by atoms with Crippen LogP contribution in [0.3, 0.4) is 0 Å². The Kier molecular flexibility index (Phi) is 6.76. The van der Waals surface area contributed by atoms with Gasteiger partial charge in [0, 0.05) is 30.7 Å². The molecule has 132 valence electrons. The van der Waals surface area contributed by atoms with E-state index in [2.05, 4.69) is 15.6 Å². The topological polar surface area (TPSA) is 89.5 Å². The van der Waals surface area contributed by atoms with Crippen LogP contribution in [-0.2, 0) is 16.1 Å². The first kappa shape index (κ1) is 18.3. The molecule has 0 saturated carbocycles. The Bertz CT molecular complexity index is 720. The number of pyridine rings is 1. The van der Waals surface area contributed by atoms with Gasteiger partial charge in [-0.3, -0.25) is 14.6 Å². The number of amides is 2. The summed E-state index contributed by atoms with van der Waals surface area (Å²) in [5.74, 6) is -0.382. The minimum atomic E-state index is -0.754. The Morgan fingerprint density at radius 3 is 2.48 bits per heavy atom. The summed E-state index contributed by atoms with van der Waals surface area (Å²) in [6.07, 6.45) is 3.26. The number of nitrogens with one attached hydrogen (secondary N) is 2. The van der Waals surface area contributed by atoms with Gasteiger partial charge in [0.05, 0.1) is 13.2 Å². The molecule has 0 aliphatic heterocycles. The number of nitrogens with zero attached hydrogens (tertiary/aromatic N) is 1. The van der Waals surface area contributed by atoms with Crippen molar-refractivity contribution in [1.29, 1.82) is 0 Å². The highest BCUT2D eigenvalue weighted by atomic mass is 16.5. The van der Waals surface area contributed by atoms with Gasteiger partial charge in [0.15, 0.2) is 11.5 Å². The number of hydrogen-bond acceptors (Lipinski definition) is 5. The third kappa shape index (κ3) is 5.49. The van der Waals surface area contributed by atoms with E-state index in [1.54, 1.807) is 36.7 Å². The van der Waals surface area contributed by atoms with Gasteiger partial charge in [-0.1, -0.05) is 6.07 Å². The molecule has 0 bridgehead atoms. The number of rotatable bonds is 7. The molecule has 0 spiro atoms. The summed E-state index contributed by atoms with van der Waals surface area (Å²) >= 11 is 0. The van der Waals surface area contributed by atoms with Gasteiger partial charge in [0.2, 0.25) is 0 Å². The van der Waals surface area contributed by atoms with Crippen LogP contribution in [0.1, 0.15) is 19.4 Å². The van der Waals surface area contributed by atoms with Crippen LogP contribution >= 0.6 is 0 Å². The maximum absolute atomic E-state index is 12.0. The fourth-order valence-electron chi connectivity index (χ4n) is 2.08. The minimum Gasteiger partial charge on any atom is -0.490 e. The average molecular weight is 343 g/mol. The van der Waals surface area contributed by atoms with Gasteiger partial charge < -0.3 is 20.1 Å². The lowest BCUT2D eigenvalue weighted by atomic mass is 10.2. The van der Waals surface area contributed by atoms with Crippen molar-refractivity contribution in [3.8, 4) is 11.5 Å². The molecule has 2 aromatic rings. The van der Waals surface area contributed by atoms with Gasteiger partial charge in [-0.05, 0) is 37.6 Å². The molecule has 2 amide bonds. The molecule has 1 heterocycles. The summed E-state index contributed by atoms with van der Waals surface area (Å²) in [5, 5.41) is 5.09. The first-order chi connectivity index (χ1) is 12.1. The summed E-state index contributed by atoms with van der Waals surface area (Å²) in [6, 6.07) is 8.54. The van der Waals surface area contributed by atoms with Gasteiger partial charge in [-0.2, -0.15) is 0 Å². The van der Waals surface area contributed by atoms with Crippen LogP contribution in [0.25, 0.3) is 0 Å². The smallest absolute Gasteiger partial charge is 0.313 e. The first-order valence-corrected chi connectivity index (χ1v) is 8.01. The van der Waals surface area contributed by atoms with Crippen molar-refractivity contribution in [2.75, 3.05) is 18.5 Å². The molecule has 0 saturated heterocycles. The summed E-state index contributed by atoms with van der Waals surface area (Å²) in [5.41, 5.74) is 1.26. The number of benzene rings is 1. The van der Waals surface area contributed by atoms with Crippen molar-refractivity contribution in [3.63, 3.8) is 0 Å². The van der Waals surface area contributed by atoms with Crippen molar-refractivity contribution >= 4 is 17.5 Å². The lowest BCUT2D eigenvalue weighted by molar-refractivity contribution is -0.136. The molecule has 0 aliphatic rings. The molecule has 2 N–H and O–H groups in total. The van der Waals surface area contributed by atoms with Crippen LogP contribution in [0.2, 0.25) is 0 Å². The number of ether oxygens (including phenoxy) is 2. The number of carbonyl (C=O) groups excluding carboxylic acids is 2. The van der Waals surface area contributed by atoms with E-state index in [0.717, 1.165) is 5.56 Å². The van der Waals surface area contributed by atoms with Crippen molar-refractivity contribution in [2.45, 2.75) is 20.4 Å². The highest BCUT2D eigenvalue weighted by molar-refractivity contribution is 6.39. The lowest BCUT2D eigenvalue weighted by Gasteiger charge is -2.13. The Hall–Kier alpha value is -3.09. The van der Waals surface area contributed by atoms with E-state index >= 15 is 0 Å². The molecule has 0 radical (unpaired) electrons. The Morgan fingerprint density at radius 1 is 1.04 bits per heavy atom. The zero-order valence-electron chi connectivity index (χ0n) is 14.2. The second kappa shape index (κ2) is 9.27. The van der Waals surface area contributed by atoms with Crippen molar-refractivity contribution in [2.24, 2.45) is 0 Å². The highest BCUT2D eigenvalue weighted by Crippen LogP contribution is 2.30. The van der Waals surface area contributed by atoms with Gasteiger partial charge in [0.1, 0.15) is 0 Å². The molecule has 0 fully saturated rings. The van der Waals surface area contributed by atoms with E-state index in [1.165, 1.54) is 0 Å². The Morgan fingerprint density at radius 2 is 1.80 bits per heavy atom. The molecule has 2 rings (SSSR count). The number of anilines is 1.